The highest BCUT2D eigenvalue weighted by molar-refractivity contribution is 5.84. The largest absolute Gasteiger partial charge is 0.476 e. The van der Waals surface area contributed by atoms with E-state index >= 15 is 0 Å². The van der Waals surface area contributed by atoms with E-state index in [4.69, 9.17) is 13.9 Å². The average molecular weight is 425 g/mol. The quantitative estimate of drug-likeness (QED) is 0.304. The van der Waals surface area contributed by atoms with E-state index in [2.05, 4.69) is 27.1 Å². The fourth-order valence-electron chi connectivity index (χ4n) is 3.68. The number of rotatable bonds is 6. The number of oxazole rings is 1. The van der Waals surface area contributed by atoms with E-state index in [1.165, 1.54) is 0 Å². The number of hydrogen-bond acceptors (Lipinski definition) is 6. The Morgan fingerprint density at radius 2 is 1.62 bits per heavy atom. The summed E-state index contributed by atoms with van der Waals surface area (Å²) >= 11 is 0. The van der Waals surface area contributed by atoms with Gasteiger partial charge in [-0.1, -0.05) is 54.4 Å². The van der Waals surface area contributed by atoms with Crippen LogP contribution >= 0.6 is 0 Å². The summed E-state index contributed by atoms with van der Waals surface area (Å²) in [5.41, 5.74) is 3.97. The van der Waals surface area contributed by atoms with Gasteiger partial charge in [0.1, 0.15) is 5.75 Å². The molecule has 2 heterocycles. The molecular weight excluding hydrogens is 402 g/mol. The van der Waals surface area contributed by atoms with Gasteiger partial charge in [0, 0.05) is 5.56 Å². The van der Waals surface area contributed by atoms with Crippen molar-refractivity contribution < 1.29 is 13.9 Å². The summed E-state index contributed by atoms with van der Waals surface area (Å²) in [6.45, 7) is 6.64. The van der Waals surface area contributed by atoms with Crippen LogP contribution in [0.5, 0.6) is 17.6 Å². The number of nitrogens with zero attached hydrogens (tertiary/aromatic N) is 3. The molecule has 0 amide bonds. The number of benzene rings is 3. The van der Waals surface area contributed by atoms with Gasteiger partial charge in [0.15, 0.2) is 5.52 Å². The first-order valence-electron chi connectivity index (χ1n) is 10.7. The second kappa shape index (κ2) is 8.30. The van der Waals surface area contributed by atoms with Crippen molar-refractivity contribution in [3.63, 3.8) is 0 Å². The van der Waals surface area contributed by atoms with Gasteiger partial charge in [0.05, 0.1) is 6.61 Å². The molecule has 0 bridgehead atoms. The van der Waals surface area contributed by atoms with Crippen molar-refractivity contribution in [1.29, 1.82) is 0 Å². The van der Waals surface area contributed by atoms with Crippen molar-refractivity contribution in [3.8, 4) is 29.1 Å². The maximum absolute atomic E-state index is 6.01. The minimum absolute atomic E-state index is 0.155. The van der Waals surface area contributed by atoms with E-state index in [0.29, 0.717) is 35.4 Å². The van der Waals surface area contributed by atoms with Crippen LogP contribution in [0.4, 0.5) is 0 Å². The van der Waals surface area contributed by atoms with Crippen molar-refractivity contribution in [3.05, 3.63) is 71.8 Å². The predicted molar refractivity (Wildman–Crippen MR) is 124 cm³/mol. The zero-order valence-corrected chi connectivity index (χ0v) is 18.3. The SMILES string of the molecule is CCCOc1nc(Oc2ccc3ccccc3c2)nc2oc(-c3cc(C)cc(C)c3)nc12. The molecule has 0 saturated carbocycles. The molecule has 5 aromatic rings. The minimum atomic E-state index is 0.155. The third kappa shape index (κ3) is 3.99. The number of ether oxygens (including phenoxy) is 2. The highest BCUT2D eigenvalue weighted by Gasteiger charge is 2.19. The lowest BCUT2D eigenvalue weighted by Crippen LogP contribution is -2.01. The molecule has 0 radical (unpaired) electrons. The molecule has 0 saturated heterocycles. The van der Waals surface area contributed by atoms with Crippen LogP contribution in [0.1, 0.15) is 24.5 Å². The zero-order chi connectivity index (χ0) is 22.1. The van der Waals surface area contributed by atoms with Gasteiger partial charge >= 0.3 is 6.01 Å². The molecule has 2 aromatic heterocycles. The second-order valence-electron chi connectivity index (χ2n) is 7.82. The van der Waals surface area contributed by atoms with E-state index in [0.717, 1.165) is 33.9 Å². The number of hydrogen-bond donors (Lipinski definition) is 0. The molecule has 0 fully saturated rings. The Hall–Kier alpha value is -3.93. The van der Waals surface area contributed by atoms with Gasteiger partial charge < -0.3 is 13.9 Å². The molecule has 0 aliphatic carbocycles. The van der Waals surface area contributed by atoms with Crippen LogP contribution in [0.3, 0.4) is 0 Å². The Morgan fingerprint density at radius 1 is 0.844 bits per heavy atom. The van der Waals surface area contributed by atoms with E-state index in [1.54, 1.807) is 0 Å². The maximum atomic E-state index is 6.01. The molecule has 5 rings (SSSR count). The summed E-state index contributed by atoms with van der Waals surface area (Å²) in [4.78, 5) is 13.6. The molecule has 0 atom stereocenters. The Kier molecular flexibility index (Phi) is 5.19. The zero-order valence-electron chi connectivity index (χ0n) is 18.3. The normalized spacial score (nSPS) is 11.2. The summed E-state index contributed by atoms with van der Waals surface area (Å²) in [5.74, 6) is 1.47. The van der Waals surface area contributed by atoms with Gasteiger partial charge in [0.25, 0.3) is 11.6 Å². The molecule has 3 aromatic carbocycles. The molecule has 6 nitrogen and oxygen atoms in total. The second-order valence-corrected chi connectivity index (χ2v) is 7.82. The van der Waals surface area contributed by atoms with Crippen molar-refractivity contribution in [2.75, 3.05) is 6.61 Å². The average Bonchev–Trinajstić information content (AvgIpc) is 3.21. The lowest BCUT2D eigenvalue weighted by Gasteiger charge is -2.07. The first-order valence-corrected chi connectivity index (χ1v) is 10.7. The van der Waals surface area contributed by atoms with E-state index in [1.807, 2.05) is 69.3 Å². The molecule has 6 heteroatoms. The van der Waals surface area contributed by atoms with Gasteiger partial charge in [-0.2, -0.15) is 9.97 Å². The monoisotopic (exact) mass is 425 g/mol. The fourth-order valence-corrected chi connectivity index (χ4v) is 3.68. The third-order valence-corrected chi connectivity index (χ3v) is 5.05. The Morgan fingerprint density at radius 3 is 2.41 bits per heavy atom. The van der Waals surface area contributed by atoms with Crippen LogP contribution in [0.25, 0.3) is 33.5 Å². The topological polar surface area (TPSA) is 70.3 Å². The van der Waals surface area contributed by atoms with Gasteiger partial charge in [-0.3, -0.25) is 0 Å². The summed E-state index contributed by atoms with van der Waals surface area (Å²) in [5, 5.41) is 2.21. The number of aromatic nitrogens is 3. The summed E-state index contributed by atoms with van der Waals surface area (Å²) in [6.07, 6.45) is 0.841. The van der Waals surface area contributed by atoms with E-state index < -0.39 is 0 Å². The van der Waals surface area contributed by atoms with Crippen molar-refractivity contribution >= 4 is 22.0 Å². The third-order valence-electron chi connectivity index (χ3n) is 5.05. The Labute approximate surface area is 185 Å². The molecule has 0 spiro atoms. The van der Waals surface area contributed by atoms with Crippen LogP contribution in [0.2, 0.25) is 0 Å². The molecule has 0 aliphatic rings. The predicted octanol–water partition coefficient (Wildman–Crippen LogP) is 6.64. The molecule has 0 N–H and O–H groups in total. The first kappa shape index (κ1) is 20.0. The molecule has 0 unspecified atom stereocenters. The van der Waals surface area contributed by atoms with Crippen LogP contribution in [-0.2, 0) is 0 Å². The van der Waals surface area contributed by atoms with Crippen LogP contribution in [0, 0.1) is 13.8 Å². The van der Waals surface area contributed by atoms with Crippen LogP contribution in [0.15, 0.2) is 65.1 Å². The van der Waals surface area contributed by atoms with Gasteiger partial charge in [-0.15, -0.1) is 0 Å². The molecular formula is C26H23N3O3. The number of aryl methyl sites for hydroxylation is 2. The maximum Gasteiger partial charge on any atom is 0.328 e. The minimum Gasteiger partial charge on any atom is -0.476 e. The summed E-state index contributed by atoms with van der Waals surface area (Å²) in [6, 6.07) is 20.3. The van der Waals surface area contributed by atoms with Crippen molar-refractivity contribution in [2.45, 2.75) is 27.2 Å². The summed E-state index contributed by atoms with van der Waals surface area (Å²) in [7, 11) is 0. The lowest BCUT2D eigenvalue weighted by atomic mass is 10.1. The standard InChI is InChI=1S/C26H23N3O3/c1-4-11-30-24-22-25(32-23(27-22)20-13-16(2)12-17(3)14-20)29-26(28-24)31-21-10-9-18-7-5-6-8-19(18)15-21/h5-10,12-15H,4,11H2,1-3H3. The van der Waals surface area contributed by atoms with Crippen LogP contribution < -0.4 is 9.47 Å². The fraction of sp³-hybridized carbons (Fsp3) is 0.192. The van der Waals surface area contributed by atoms with Gasteiger partial charge in [0.2, 0.25) is 5.89 Å². The molecule has 0 aliphatic heterocycles. The van der Waals surface area contributed by atoms with Gasteiger partial charge in [-0.25, -0.2) is 4.98 Å². The number of fused-ring (bicyclic) bond motifs is 2. The Bertz CT molecular complexity index is 1400. The Balaban J connectivity index is 1.56. The molecule has 160 valence electrons. The first-order chi connectivity index (χ1) is 15.6. The molecule has 32 heavy (non-hydrogen) atoms. The van der Waals surface area contributed by atoms with Crippen LogP contribution in [-0.4, -0.2) is 21.6 Å². The smallest absolute Gasteiger partial charge is 0.328 e. The lowest BCUT2D eigenvalue weighted by molar-refractivity contribution is 0.302. The van der Waals surface area contributed by atoms with E-state index in [9.17, 15) is 0 Å². The highest BCUT2D eigenvalue weighted by Crippen LogP contribution is 2.32. The van der Waals surface area contributed by atoms with Crippen molar-refractivity contribution in [2.24, 2.45) is 0 Å². The van der Waals surface area contributed by atoms with E-state index in [-0.39, 0.29) is 6.01 Å². The van der Waals surface area contributed by atoms with Gasteiger partial charge in [-0.05, 0) is 55.3 Å². The highest BCUT2D eigenvalue weighted by atomic mass is 16.5. The summed E-state index contributed by atoms with van der Waals surface area (Å²) < 4.78 is 17.8. The van der Waals surface area contributed by atoms with Crippen molar-refractivity contribution in [1.82, 2.24) is 15.0 Å².